The minimum Gasteiger partial charge on any atom is -0.497 e. The highest BCUT2D eigenvalue weighted by atomic mass is 32.2. The molecule has 1 amide bonds. The van der Waals surface area contributed by atoms with Gasteiger partial charge >= 0.3 is 10.1 Å². The average Bonchev–Trinajstić information content (AvgIpc) is 3.08. The van der Waals surface area contributed by atoms with E-state index in [1.165, 1.54) is 30.9 Å². The molecule has 1 aliphatic rings. The topological polar surface area (TPSA) is 111 Å². The Hall–Kier alpha value is -3.85. The summed E-state index contributed by atoms with van der Waals surface area (Å²) in [5.41, 5.74) is 7.37. The van der Waals surface area contributed by atoms with Crippen molar-refractivity contribution in [3.63, 3.8) is 0 Å². The van der Waals surface area contributed by atoms with Gasteiger partial charge < -0.3 is 14.7 Å². The van der Waals surface area contributed by atoms with Crippen LogP contribution in [0.3, 0.4) is 0 Å². The van der Waals surface area contributed by atoms with Crippen LogP contribution in [0.4, 0.5) is 0 Å². The number of carbonyl (C=O) groups is 1. The van der Waals surface area contributed by atoms with Crippen LogP contribution in [0.1, 0.15) is 25.0 Å². The van der Waals surface area contributed by atoms with Gasteiger partial charge in [-0.1, -0.05) is 42.5 Å². The number of methoxy groups -OCH3 is 1. The molecule has 1 unspecified atom stereocenters. The van der Waals surface area contributed by atoms with Crippen LogP contribution in [0.2, 0.25) is 0 Å². The second kappa shape index (κ2) is 9.07. The average molecular weight is 494 g/mol. The van der Waals surface area contributed by atoms with Gasteiger partial charge in [-0.25, -0.2) is 4.99 Å². The third kappa shape index (κ3) is 4.35. The summed E-state index contributed by atoms with van der Waals surface area (Å²) in [4.78, 5) is 19.5. The van der Waals surface area contributed by atoms with Gasteiger partial charge in [0.1, 0.15) is 11.5 Å². The number of carbonyl (C=O) groups excluding carboxylic acids is 1. The summed E-state index contributed by atoms with van der Waals surface area (Å²) in [7, 11) is -0.673. The number of likely N-dealkylation sites (N-methyl/N-ethyl adjacent to an activating group) is 1. The van der Waals surface area contributed by atoms with Crippen molar-refractivity contribution < 1.29 is 22.1 Å². The highest BCUT2D eigenvalue weighted by Crippen LogP contribution is 2.41. The molecule has 0 saturated carbocycles. The van der Waals surface area contributed by atoms with Crippen molar-refractivity contribution in [3.05, 3.63) is 83.9 Å². The minimum atomic E-state index is -3.83. The van der Waals surface area contributed by atoms with E-state index >= 15 is 0 Å². The van der Waals surface area contributed by atoms with Gasteiger partial charge in [-0.05, 0) is 66.4 Å². The molecule has 1 aliphatic heterocycles. The molecule has 0 aliphatic carbocycles. The lowest BCUT2D eigenvalue weighted by atomic mass is 9.81. The molecule has 4 rings (SSSR count). The molecule has 3 aromatic carbocycles. The number of nitrogens with two attached hydrogens (primary N) is 1. The van der Waals surface area contributed by atoms with E-state index in [4.69, 9.17) is 14.7 Å². The van der Waals surface area contributed by atoms with E-state index in [1.54, 1.807) is 32.4 Å². The van der Waals surface area contributed by atoms with Gasteiger partial charge in [-0.3, -0.25) is 9.69 Å². The van der Waals surface area contributed by atoms with Crippen molar-refractivity contribution in [2.24, 2.45) is 10.7 Å². The van der Waals surface area contributed by atoms with Crippen LogP contribution in [0, 0.1) is 0 Å². The van der Waals surface area contributed by atoms with E-state index in [0.29, 0.717) is 16.9 Å². The number of hydrogen-bond donors (Lipinski definition) is 1. The fraction of sp³-hybridized carbons (Fsp3) is 0.231. The zero-order valence-electron chi connectivity index (χ0n) is 19.9. The second-order valence-electron chi connectivity index (χ2n) is 8.51. The van der Waals surface area contributed by atoms with E-state index in [2.05, 4.69) is 4.99 Å². The van der Waals surface area contributed by atoms with Crippen LogP contribution in [0.15, 0.2) is 77.8 Å². The van der Waals surface area contributed by atoms with Crippen LogP contribution in [0.25, 0.3) is 11.1 Å². The smallest absolute Gasteiger partial charge is 0.311 e. The van der Waals surface area contributed by atoms with Gasteiger partial charge in [-0.15, -0.1) is 0 Å². The maximum absolute atomic E-state index is 13.6. The highest BCUT2D eigenvalue weighted by Gasteiger charge is 2.49. The number of amides is 1. The zero-order valence-corrected chi connectivity index (χ0v) is 20.7. The van der Waals surface area contributed by atoms with Crippen LogP contribution in [-0.2, 0) is 20.5 Å². The van der Waals surface area contributed by atoms with Gasteiger partial charge in [0, 0.05) is 7.05 Å². The molecule has 35 heavy (non-hydrogen) atoms. The zero-order chi connectivity index (χ0) is 25.4. The highest BCUT2D eigenvalue weighted by molar-refractivity contribution is 7.87. The predicted molar refractivity (Wildman–Crippen MR) is 135 cm³/mol. The Labute approximate surface area is 205 Å². The van der Waals surface area contributed by atoms with E-state index in [1.807, 2.05) is 42.5 Å². The molecule has 2 N–H and O–H groups in total. The fourth-order valence-corrected chi connectivity index (χ4v) is 4.48. The van der Waals surface area contributed by atoms with Crippen LogP contribution < -0.4 is 14.7 Å². The Bertz CT molecular complexity index is 1420. The molecule has 9 heteroatoms. The third-order valence-electron chi connectivity index (χ3n) is 5.97. The van der Waals surface area contributed by atoms with E-state index in [0.717, 1.165) is 11.1 Å². The summed E-state index contributed by atoms with van der Waals surface area (Å²) >= 11 is 0. The summed E-state index contributed by atoms with van der Waals surface area (Å²) in [6, 6.07) is 21.4. The van der Waals surface area contributed by atoms with E-state index in [9.17, 15) is 13.2 Å². The number of benzene rings is 3. The van der Waals surface area contributed by atoms with Gasteiger partial charge in [0.15, 0.2) is 11.5 Å². The third-order valence-corrected chi connectivity index (χ3v) is 7.54. The molecular formula is C26H27N3O5S. The molecule has 182 valence electrons. The molecule has 0 saturated heterocycles. The van der Waals surface area contributed by atoms with Gasteiger partial charge in [0.05, 0.1) is 12.4 Å². The van der Waals surface area contributed by atoms with Crippen molar-refractivity contribution in [2.75, 3.05) is 14.2 Å². The molecule has 8 nitrogen and oxygen atoms in total. The Balaban J connectivity index is 1.88. The molecular weight excluding hydrogens is 466 g/mol. The lowest BCUT2D eigenvalue weighted by Gasteiger charge is -2.27. The number of aliphatic imine (C=N–C) groups is 1. The molecule has 0 aromatic heterocycles. The van der Waals surface area contributed by atoms with Gasteiger partial charge in [0.25, 0.3) is 5.91 Å². The first kappa shape index (κ1) is 24.3. The number of rotatable bonds is 7. The maximum atomic E-state index is 13.6. The Morgan fingerprint density at radius 3 is 2.09 bits per heavy atom. The van der Waals surface area contributed by atoms with E-state index in [-0.39, 0.29) is 17.6 Å². The second-order valence-corrected chi connectivity index (χ2v) is 10.6. The first-order valence-electron chi connectivity index (χ1n) is 11.0. The van der Waals surface area contributed by atoms with Crippen LogP contribution in [0.5, 0.6) is 11.5 Å². The lowest BCUT2D eigenvalue weighted by Crippen LogP contribution is -2.41. The molecule has 0 radical (unpaired) electrons. The first-order valence-corrected chi connectivity index (χ1v) is 12.5. The summed E-state index contributed by atoms with van der Waals surface area (Å²) < 4.78 is 35.4. The van der Waals surface area contributed by atoms with Crippen molar-refractivity contribution in [2.45, 2.75) is 24.6 Å². The van der Waals surface area contributed by atoms with Crippen LogP contribution in [-0.4, -0.2) is 44.6 Å². The minimum absolute atomic E-state index is 0.0582. The number of guanidine groups is 1. The monoisotopic (exact) mass is 493 g/mol. The van der Waals surface area contributed by atoms with Crippen molar-refractivity contribution in [3.8, 4) is 22.6 Å². The summed E-state index contributed by atoms with van der Waals surface area (Å²) in [5.74, 6) is 0.498. The summed E-state index contributed by atoms with van der Waals surface area (Å²) in [5, 5.41) is -0.729. The van der Waals surface area contributed by atoms with Crippen molar-refractivity contribution in [1.29, 1.82) is 0 Å². The quantitative estimate of drug-likeness (QED) is 0.504. The number of ether oxygens (including phenoxy) is 1. The molecule has 1 heterocycles. The van der Waals surface area contributed by atoms with Gasteiger partial charge in [-0.2, -0.15) is 8.42 Å². The molecule has 0 bridgehead atoms. The standard InChI is InChI=1S/C26H27N3O5S/c1-17(2)35(31,32)34-23-13-7-11-21(16-23)26(24(30)29(3)25(27)28-26)20-10-5-8-18(14-20)19-9-6-12-22(15-19)33-4/h5-17H,1-4H3,(H2,27,28). The molecule has 3 aromatic rings. The normalized spacial score (nSPS) is 18.0. The largest absolute Gasteiger partial charge is 0.497 e. The molecule has 0 fully saturated rings. The summed E-state index contributed by atoms with van der Waals surface area (Å²) in [6.45, 7) is 3.07. The van der Waals surface area contributed by atoms with Crippen LogP contribution >= 0.6 is 0 Å². The van der Waals surface area contributed by atoms with Crippen molar-refractivity contribution >= 4 is 22.0 Å². The Morgan fingerprint density at radius 1 is 0.914 bits per heavy atom. The number of hydrogen-bond acceptors (Lipinski definition) is 7. The van der Waals surface area contributed by atoms with Gasteiger partial charge in [0.2, 0.25) is 0 Å². The maximum Gasteiger partial charge on any atom is 0.311 e. The lowest BCUT2D eigenvalue weighted by molar-refractivity contribution is -0.129. The SMILES string of the molecule is COc1cccc(-c2cccc(C3(c4cccc(OS(=O)(=O)C(C)C)c4)N=C(N)N(C)C3=O)c2)c1. The first-order chi connectivity index (χ1) is 16.6. The Kier molecular flexibility index (Phi) is 6.29. The molecule has 0 spiro atoms. The molecule has 1 atom stereocenters. The van der Waals surface area contributed by atoms with Crippen molar-refractivity contribution in [1.82, 2.24) is 4.90 Å². The summed E-state index contributed by atoms with van der Waals surface area (Å²) in [6.07, 6.45) is 0. The fourth-order valence-electron chi connectivity index (χ4n) is 3.91. The number of nitrogens with zero attached hydrogens (tertiary/aromatic N) is 2. The van der Waals surface area contributed by atoms with E-state index < -0.39 is 20.9 Å². The predicted octanol–water partition coefficient (Wildman–Crippen LogP) is 3.51. The Morgan fingerprint density at radius 2 is 1.49 bits per heavy atom.